The first-order valence-corrected chi connectivity index (χ1v) is 14.1. The summed E-state index contributed by atoms with van der Waals surface area (Å²) >= 11 is 13.7. The van der Waals surface area contributed by atoms with Crippen LogP contribution in [0.2, 0.25) is 10.0 Å². The van der Waals surface area contributed by atoms with Gasteiger partial charge < -0.3 is 4.18 Å². The molecule has 0 unspecified atom stereocenters. The first-order chi connectivity index (χ1) is 18.0. The number of hydrogen-bond acceptors (Lipinski definition) is 7. The Balaban J connectivity index is 1.52. The molecule has 3 aromatic rings. The number of nitrogens with one attached hydrogen (secondary N) is 1. The molecule has 192 valence electrons. The van der Waals surface area contributed by atoms with E-state index in [1.807, 2.05) is 38.1 Å². The minimum atomic E-state index is -4.27. The molecule has 2 aliphatic rings. The van der Waals surface area contributed by atoms with E-state index in [9.17, 15) is 13.2 Å². The standard InChI is InChI=1S/C26H18Cl2N4O4S2/c1-14-3-7-16(8-4-14)25-31-32-23(29)20(24(33)30-26(32)37-25)12-17-11-18(27)13-21(28)22(17)36-38(34,35)19-9-5-15(2)6-10-19/h3-13,29H,1-2H3/b20-12+,29-23?. The minimum Gasteiger partial charge on any atom is -0.377 e. The molecule has 2 heterocycles. The average molecular weight is 585 g/mol. The van der Waals surface area contributed by atoms with Gasteiger partial charge in [-0.25, -0.2) is 0 Å². The number of benzene rings is 3. The Kier molecular flexibility index (Phi) is 6.91. The van der Waals surface area contributed by atoms with Crippen LogP contribution in [0.4, 0.5) is 0 Å². The highest BCUT2D eigenvalue weighted by molar-refractivity contribution is 8.27. The van der Waals surface area contributed by atoms with E-state index in [0.717, 1.165) is 16.7 Å². The molecule has 0 saturated carbocycles. The van der Waals surface area contributed by atoms with Gasteiger partial charge in [-0.05, 0) is 56.0 Å². The lowest BCUT2D eigenvalue weighted by Gasteiger charge is -2.20. The number of thioether (sulfide) groups is 1. The normalized spacial score (nSPS) is 16.4. The number of nitrogens with zero attached hydrogens (tertiary/aromatic N) is 3. The van der Waals surface area contributed by atoms with Crippen LogP contribution in [0.15, 0.2) is 81.2 Å². The molecule has 38 heavy (non-hydrogen) atoms. The molecule has 0 radical (unpaired) electrons. The quantitative estimate of drug-likeness (QED) is 0.289. The number of carbonyl (C=O) groups is 1. The molecular weight excluding hydrogens is 567 g/mol. The lowest BCUT2D eigenvalue weighted by atomic mass is 10.1. The van der Waals surface area contributed by atoms with Gasteiger partial charge in [0.1, 0.15) is 9.94 Å². The number of rotatable bonds is 5. The Hall–Kier alpha value is -3.44. The van der Waals surface area contributed by atoms with Crippen LogP contribution in [-0.4, -0.2) is 35.4 Å². The lowest BCUT2D eigenvalue weighted by Crippen LogP contribution is -2.35. The monoisotopic (exact) mass is 584 g/mol. The molecule has 0 aliphatic carbocycles. The second kappa shape index (κ2) is 10.0. The maximum atomic E-state index is 13.0. The van der Waals surface area contributed by atoms with E-state index in [-0.39, 0.29) is 42.8 Å². The van der Waals surface area contributed by atoms with Crippen LogP contribution in [0, 0.1) is 19.3 Å². The highest BCUT2D eigenvalue weighted by atomic mass is 35.5. The number of hydrazone groups is 1. The van der Waals surface area contributed by atoms with Gasteiger partial charge in [0.05, 0.1) is 10.6 Å². The Morgan fingerprint density at radius 2 is 1.63 bits per heavy atom. The summed E-state index contributed by atoms with van der Waals surface area (Å²) in [4.78, 5) is 17.0. The number of hydrogen-bond donors (Lipinski definition) is 1. The maximum absolute atomic E-state index is 13.0. The predicted octanol–water partition coefficient (Wildman–Crippen LogP) is 6.05. The van der Waals surface area contributed by atoms with Crippen molar-refractivity contribution in [3.63, 3.8) is 0 Å². The third kappa shape index (κ3) is 5.12. The van der Waals surface area contributed by atoms with Gasteiger partial charge in [0, 0.05) is 16.1 Å². The van der Waals surface area contributed by atoms with Crippen molar-refractivity contribution < 1.29 is 17.4 Å². The Morgan fingerprint density at radius 3 is 2.29 bits per heavy atom. The van der Waals surface area contributed by atoms with Crippen molar-refractivity contribution >= 4 is 73.1 Å². The predicted molar refractivity (Wildman–Crippen MR) is 151 cm³/mol. The van der Waals surface area contributed by atoms with E-state index >= 15 is 0 Å². The number of aliphatic imine (C=N–C) groups is 1. The zero-order valence-electron chi connectivity index (χ0n) is 19.9. The summed E-state index contributed by atoms with van der Waals surface area (Å²) in [5, 5.41) is 15.3. The Morgan fingerprint density at radius 1 is 1.00 bits per heavy atom. The molecule has 0 saturated heterocycles. The minimum absolute atomic E-state index is 0.0736. The first-order valence-electron chi connectivity index (χ1n) is 11.1. The maximum Gasteiger partial charge on any atom is 0.339 e. The SMILES string of the molecule is Cc1ccc(C2=NN3C(=N)/C(=C\c4cc(Cl)cc(Cl)c4OS(=O)(=O)c4ccc(C)cc4)C(=O)N=C3S2)cc1. The van der Waals surface area contributed by atoms with E-state index in [1.165, 1.54) is 47.1 Å². The zero-order chi connectivity index (χ0) is 27.2. The number of amides is 1. The molecule has 8 nitrogen and oxygen atoms in total. The van der Waals surface area contributed by atoms with E-state index in [1.54, 1.807) is 12.1 Å². The number of carbonyl (C=O) groups excluding carboxylic acids is 1. The summed E-state index contributed by atoms with van der Waals surface area (Å²) in [7, 11) is -4.27. The summed E-state index contributed by atoms with van der Waals surface area (Å²) < 4.78 is 31.3. The van der Waals surface area contributed by atoms with Gasteiger partial charge in [0.2, 0.25) is 5.17 Å². The van der Waals surface area contributed by atoms with Crippen molar-refractivity contribution in [1.82, 2.24) is 5.01 Å². The van der Waals surface area contributed by atoms with Crippen LogP contribution >= 0.6 is 35.0 Å². The fourth-order valence-electron chi connectivity index (χ4n) is 3.60. The van der Waals surface area contributed by atoms with Gasteiger partial charge in [-0.1, -0.05) is 70.7 Å². The smallest absolute Gasteiger partial charge is 0.339 e. The van der Waals surface area contributed by atoms with Gasteiger partial charge in [-0.2, -0.15) is 23.5 Å². The second-order valence-corrected chi connectivity index (χ2v) is 11.8. The molecule has 0 spiro atoms. The summed E-state index contributed by atoms with van der Waals surface area (Å²) in [5.41, 5.74) is 2.73. The highest BCUT2D eigenvalue weighted by Gasteiger charge is 2.36. The Labute approximate surface area is 233 Å². The third-order valence-corrected chi connectivity index (χ3v) is 8.28. The van der Waals surface area contributed by atoms with Crippen molar-refractivity contribution in [2.45, 2.75) is 18.7 Å². The molecule has 1 amide bonds. The van der Waals surface area contributed by atoms with Crippen molar-refractivity contribution in [3.05, 3.63) is 98.5 Å². The van der Waals surface area contributed by atoms with Gasteiger partial charge in [-0.15, -0.1) is 0 Å². The molecule has 0 fully saturated rings. The Bertz CT molecular complexity index is 1700. The van der Waals surface area contributed by atoms with Crippen molar-refractivity contribution in [2.24, 2.45) is 10.1 Å². The van der Waals surface area contributed by atoms with E-state index < -0.39 is 16.0 Å². The number of aryl methyl sites for hydroxylation is 2. The lowest BCUT2D eigenvalue weighted by molar-refractivity contribution is -0.114. The molecular formula is C26H18Cl2N4O4S2. The van der Waals surface area contributed by atoms with E-state index in [2.05, 4.69) is 10.1 Å². The summed E-state index contributed by atoms with van der Waals surface area (Å²) in [6, 6.07) is 16.5. The van der Waals surface area contributed by atoms with Gasteiger partial charge in [-0.3, -0.25) is 10.2 Å². The van der Waals surface area contributed by atoms with Gasteiger partial charge >= 0.3 is 10.1 Å². The number of halogens is 2. The van der Waals surface area contributed by atoms with Crippen LogP contribution in [-0.2, 0) is 14.9 Å². The van der Waals surface area contributed by atoms with Crippen molar-refractivity contribution in [3.8, 4) is 5.75 Å². The summed E-state index contributed by atoms with van der Waals surface area (Å²) in [6.07, 6.45) is 1.27. The average Bonchev–Trinajstić information content (AvgIpc) is 3.28. The molecule has 5 rings (SSSR count). The molecule has 0 atom stereocenters. The molecule has 1 N–H and O–H groups in total. The zero-order valence-corrected chi connectivity index (χ0v) is 23.0. The third-order valence-electron chi connectivity index (χ3n) is 5.59. The van der Waals surface area contributed by atoms with E-state index in [0.29, 0.717) is 5.04 Å². The molecule has 3 aromatic carbocycles. The number of fused-ring (bicyclic) bond motifs is 1. The van der Waals surface area contributed by atoms with Gasteiger partial charge in [0.25, 0.3) is 5.91 Å². The first kappa shape index (κ1) is 26.2. The van der Waals surface area contributed by atoms with Crippen LogP contribution in [0.25, 0.3) is 6.08 Å². The van der Waals surface area contributed by atoms with E-state index in [4.69, 9.17) is 32.8 Å². The number of amidine groups is 2. The molecule has 0 aromatic heterocycles. The largest absolute Gasteiger partial charge is 0.377 e. The molecule has 2 aliphatic heterocycles. The second-order valence-electron chi connectivity index (χ2n) is 8.45. The molecule has 12 heteroatoms. The van der Waals surface area contributed by atoms with Gasteiger partial charge in [0.15, 0.2) is 11.6 Å². The van der Waals surface area contributed by atoms with Crippen LogP contribution in [0.1, 0.15) is 22.3 Å². The van der Waals surface area contributed by atoms with Crippen LogP contribution < -0.4 is 4.18 Å². The van der Waals surface area contributed by atoms with Crippen LogP contribution in [0.3, 0.4) is 0 Å². The fourth-order valence-corrected chi connectivity index (χ4v) is 6.06. The highest BCUT2D eigenvalue weighted by Crippen LogP contribution is 2.37. The van der Waals surface area contributed by atoms with Crippen molar-refractivity contribution in [2.75, 3.05) is 0 Å². The topological polar surface area (TPSA) is 112 Å². The fraction of sp³-hybridized carbons (Fsp3) is 0.0769. The van der Waals surface area contributed by atoms with Crippen molar-refractivity contribution in [1.29, 1.82) is 5.41 Å². The molecule has 0 bridgehead atoms. The summed E-state index contributed by atoms with van der Waals surface area (Å²) in [5.74, 6) is -1.17. The van der Waals surface area contributed by atoms with Crippen LogP contribution in [0.5, 0.6) is 5.75 Å². The summed E-state index contributed by atoms with van der Waals surface area (Å²) in [6.45, 7) is 3.80.